The fourth-order valence-corrected chi connectivity index (χ4v) is 3.00. The molecule has 0 radical (unpaired) electrons. The zero-order chi connectivity index (χ0) is 12.7. The molecule has 0 aromatic carbocycles. The molecule has 0 amide bonds. The number of aryl methyl sites for hydroxylation is 2. The molecule has 0 spiro atoms. The van der Waals surface area contributed by atoms with Crippen molar-refractivity contribution in [2.75, 3.05) is 6.54 Å². The van der Waals surface area contributed by atoms with Crippen LogP contribution in [0, 0.1) is 12.3 Å². The average molecular weight is 235 g/mol. The molecule has 0 saturated carbocycles. The van der Waals surface area contributed by atoms with Gasteiger partial charge in [-0.25, -0.2) is 0 Å². The van der Waals surface area contributed by atoms with E-state index < -0.39 is 0 Å². The molecule has 0 bridgehead atoms. The molecule has 1 aliphatic heterocycles. The average Bonchev–Trinajstić information content (AvgIpc) is 2.75. The van der Waals surface area contributed by atoms with Crippen molar-refractivity contribution in [3.05, 3.63) is 17.5 Å². The van der Waals surface area contributed by atoms with E-state index in [0.29, 0.717) is 0 Å². The van der Waals surface area contributed by atoms with Crippen molar-refractivity contribution in [2.24, 2.45) is 12.5 Å². The van der Waals surface area contributed by atoms with Crippen LogP contribution >= 0.6 is 0 Å². The fourth-order valence-electron chi connectivity index (χ4n) is 3.00. The van der Waals surface area contributed by atoms with Gasteiger partial charge in [-0.2, -0.15) is 5.10 Å². The van der Waals surface area contributed by atoms with Gasteiger partial charge in [-0.1, -0.05) is 20.8 Å². The Morgan fingerprint density at radius 1 is 1.47 bits per heavy atom. The molecule has 17 heavy (non-hydrogen) atoms. The van der Waals surface area contributed by atoms with Gasteiger partial charge in [0.15, 0.2) is 0 Å². The maximum atomic E-state index is 4.46. The molecule has 3 nitrogen and oxygen atoms in total. The summed E-state index contributed by atoms with van der Waals surface area (Å²) in [6.45, 7) is 10.2. The van der Waals surface area contributed by atoms with E-state index in [-0.39, 0.29) is 11.0 Å². The van der Waals surface area contributed by atoms with Gasteiger partial charge in [-0.3, -0.25) is 4.68 Å². The first-order valence-corrected chi connectivity index (χ1v) is 6.59. The Morgan fingerprint density at radius 2 is 2.18 bits per heavy atom. The number of rotatable bonds is 2. The molecule has 2 rings (SSSR count). The highest BCUT2D eigenvalue weighted by Gasteiger charge is 2.44. The molecule has 96 valence electrons. The number of hydrogen-bond acceptors (Lipinski definition) is 2. The van der Waals surface area contributed by atoms with Crippen molar-refractivity contribution >= 4 is 0 Å². The normalized spacial score (nSPS) is 25.5. The van der Waals surface area contributed by atoms with Crippen LogP contribution in [-0.2, 0) is 13.5 Å². The molecular formula is C14H25N3. The van der Waals surface area contributed by atoms with Crippen LogP contribution in [0.25, 0.3) is 0 Å². The first-order chi connectivity index (χ1) is 7.84. The third-order valence-corrected chi connectivity index (χ3v) is 4.26. The minimum Gasteiger partial charge on any atom is -0.310 e. The molecule has 0 aliphatic carbocycles. The summed E-state index contributed by atoms with van der Waals surface area (Å²) in [5, 5.41) is 8.21. The van der Waals surface area contributed by atoms with Crippen LogP contribution in [0.2, 0.25) is 0 Å². The van der Waals surface area contributed by atoms with Gasteiger partial charge < -0.3 is 5.32 Å². The van der Waals surface area contributed by atoms with Gasteiger partial charge >= 0.3 is 0 Å². The van der Waals surface area contributed by atoms with E-state index in [2.05, 4.69) is 44.2 Å². The van der Waals surface area contributed by atoms with Crippen LogP contribution in [-0.4, -0.2) is 21.9 Å². The van der Waals surface area contributed by atoms with Gasteiger partial charge in [0.25, 0.3) is 0 Å². The van der Waals surface area contributed by atoms with Gasteiger partial charge in [-0.15, -0.1) is 0 Å². The van der Waals surface area contributed by atoms with Crippen molar-refractivity contribution in [1.82, 2.24) is 15.1 Å². The summed E-state index contributed by atoms with van der Waals surface area (Å²) < 4.78 is 2.03. The second kappa shape index (κ2) is 4.13. The molecule has 1 N–H and O–H groups in total. The lowest BCUT2D eigenvalue weighted by atomic mass is 9.70. The zero-order valence-corrected chi connectivity index (χ0v) is 11.8. The first-order valence-electron chi connectivity index (χ1n) is 6.59. The van der Waals surface area contributed by atoms with Gasteiger partial charge in [0.05, 0.1) is 5.69 Å². The van der Waals surface area contributed by atoms with Crippen molar-refractivity contribution in [1.29, 1.82) is 0 Å². The third-order valence-electron chi connectivity index (χ3n) is 4.26. The quantitative estimate of drug-likeness (QED) is 0.853. The summed E-state index contributed by atoms with van der Waals surface area (Å²) in [5.74, 6) is 0. The fraction of sp³-hybridized carbons (Fsp3) is 0.786. The second-order valence-corrected chi connectivity index (χ2v) is 6.44. The van der Waals surface area contributed by atoms with E-state index >= 15 is 0 Å². The van der Waals surface area contributed by atoms with Crippen molar-refractivity contribution < 1.29 is 0 Å². The Hall–Kier alpha value is -0.830. The summed E-state index contributed by atoms with van der Waals surface area (Å²) >= 11 is 0. The standard InChI is InChI=1S/C14H25N3/c1-11-9-12(17(5)16-11)10-14(13(2,3)4)7-6-8-15-14/h9,15H,6-8,10H2,1-5H3. The minimum absolute atomic E-state index is 0.229. The van der Waals surface area contributed by atoms with Crippen LogP contribution in [0.3, 0.4) is 0 Å². The van der Waals surface area contributed by atoms with Crippen LogP contribution in [0.1, 0.15) is 45.0 Å². The summed E-state index contributed by atoms with van der Waals surface area (Å²) in [5.41, 5.74) is 2.96. The summed E-state index contributed by atoms with van der Waals surface area (Å²) in [4.78, 5) is 0. The first kappa shape index (κ1) is 12.6. The minimum atomic E-state index is 0.229. The molecule has 1 fully saturated rings. The van der Waals surface area contributed by atoms with Crippen LogP contribution in [0.5, 0.6) is 0 Å². The lowest BCUT2D eigenvalue weighted by Crippen LogP contribution is -2.52. The lowest BCUT2D eigenvalue weighted by Gasteiger charge is -2.42. The molecule has 1 unspecified atom stereocenters. The number of nitrogens with zero attached hydrogens (tertiary/aromatic N) is 2. The van der Waals surface area contributed by atoms with Crippen LogP contribution in [0.4, 0.5) is 0 Å². The van der Waals surface area contributed by atoms with E-state index in [4.69, 9.17) is 0 Å². The van der Waals surface area contributed by atoms with E-state index in [1.807, 2.05) is 11.7 Å². The lowest BCUT2D eigenvalue weighted by molar-refractivity contribution is 0.157. The third kappa shape index (κ3) is 2.25. The van der Waals surface area contributed by atoms with Crippen molar-refractivity contribution in [3.8, 4) is 0 Å². The van der Waals surface area contributed by atoms with Crippen LogP contribution in [0.15, 0.2) is 6.07 Å². The highest BCUT2D eigenvalue weighted by Crippen LogP contribution is 2.39. The Labute approximate surface area is 105 Å². The van der Waals surface area contributed by atoms with Gasteiger partial charge in [-0.05, 0) is 37.8 Å². The molecule has 3 heteroatoms. The Bertz CT molecular complexity index is 392. The van der Waals surface area contributed by atoms with Crippen LogP contribution < -0.4 is 5.32 Å². The summed E-state index contributed by atoms with van der Waals surface area (Å²) in [6.07, 6.45) is 3.63. The Balaban J connectivity index is 2.28. The van der Waals surface area contributed by atoms with Crippen molar-refractivity contribution in [3.63, 3.8) is 0 Å². The Kier molecular flexibility index (Phi) is 3.06. The Morgan fingerprint density at radius 3 is 2.59 bits per heavy atom. The second-order valence-electron chi connectivity index (χ2n) is 6.44. The summed E-state index contributed by atoms with van der Waals surface area (Å²) in [7, 11) is 2.05. The topological polar surface area (TPSA) is 29.9 Å². The zero-order valence-electron chi connectivity index (χ0n) is 11.8. The molecule has 2 heterocycles. The molecular weight excluding hydrogens is 210 g/mol. The van der Waals surface area contributed by atoms with E-state index in [9.17, 15) is 0 Å². The SMILES string of the molecule is Cc1cc(CC2(C(C)(C)C)CCCN2)n(C)n1. The maximum Gasteiger partial charge on any atom is 0.0596 e. The summed E-state index contributed by atoms with van der Waals surface area (Å²) in [6, 6.07) is 2.22. The maximum absolute atomic E-state index is 4.46. The highest BCUT2D eigenvalue weighted by atomic mass is 15.3. The predicted molar refractivity (Wildman–Crippen MR) is 71.1 cm³/mol. The molecule has 1 saturated heterocycles. The number of hydrogen-bond donors (Lipinski definition) is 1. The number of aromatic nitrogens is 2. The van der Waals surface area contributed by atoms with Gasteiger partial charge in [0, 0.05) is 24.7 Å². The van der Waals surface area contributed by atoms with Gasteiger partial charge in [0.2, 0.25) is 0 Å². The monoisotopic (exact) mass is 235 g/mol. The van der Waals surface area contributed by atoms with Gasteiger partial charge in [0.1, 0.15) is 0 Å². The van der Waals surface area contributed by atoms with E-state index in [1.165, 1.54) is 18.5 Å². The number of nitrogens with one attached hydrogen (secondary N) is 1. The van der Waals surface area contributed by atoms with E-state index in [0.717, 1.165) is 18.7 Å². The molecule has 1 aromatic rings. The largest absolute Gasteiger partial charge is 0.310 e. The highest BCUT2D eigenvalue weighted by molar-refractivity contribution is 5.16. The molecule has 1 aliphatic rings. The van der Waals surface area contributed by atoms with Crippen molar-refractivity contribution in [2.45, 2.75) is 52.5 Å². The van der Waals surface area contributed by atoms with E-state index in [1.54, 1.807) is 0 Å². The molecule has 1 aromatic heterocycles. The molecule has 1 atom stereocenters. The predicted octanol–water partition coefficient (Wildman–Crippen LogP) is 2.44. The smallest absolute Gasteiger partial charge is 0.0596 e.